The average molecular weight is 457 g/mol. The van der Waals surface area contributed by atoms with Crippen LogP contribution in [0.1, 0.15) is 21.5 Å². The van der Waals surface area contributed by atoms with E-state index < -0.39 is 4.92 Å². The van der Waals surface area contributed by atoms with Gasteiger partial charge in [-0.25, -0.2) is 4.98 Å². The number of nitrogens with one attached hydrogen (secondary N) is 2. The Balaban J connectivity index is 1.27. The lowest BCUT2D eigenvalue weighted by Gasteiger charge is -2.10. The number of aromatic nitrogens is 2. The molecule has 0 saturated heterocycles. The molecule has 34 heavy (non-hydrogen) atoms. The van der Waals surface area contributed by atoms with Crippen molar-refractivity contribution in [1.29, 1.82) is 0 Å². The third kappa shape index (κ3) is 5.36. The monoisotopic (exact) mass is 457 g/mol. The number of nitrogen functional groups attached to an aromatic ring is 2. The van der Waals surface area contributed by atoms with E-state index in [1.54, 1.807) is 0 Å². The number of benzene rings is 3. The number of hydrogen-bond donors (Lipinski definition) is 4. The van der Waals surface area contributed by atoms with Crippen LogP contribution in [0, 0.1) is 10.1 Å². The van der Waals surface area contributed by atoms with Crippen molar-refractivity contribution in [3.8, 4) is 0 Å². The minimum atomic E-state index is -0.496. The molecule has 0 bridgehead atoms. The molecule has 0 aliphatic heterocycles. The summed E-state index contributed by atoms with van der Waals surface area (Å²) in [4.78, 5) is 30.6. The van der Waals surface area contributed by atoms with Gasteiger partial charge in [-0.1, -0.05) is 24.3 Å². The lowest BCUT2D eigenvalue weighted by atomic mass is 10.1. The summed E-state index contributed by atoms with van der Waals surface area (Å²) >= 11 is 0. The Labute approximate surface area is 195 Å². The summed E-state index contributed by atoms with van der Waals surface area (Å²) in [6, 6.07) is 19.3. The van der Waals surface area contributed by atoms with Gasteiger partial charge in [-0.3, -0.25) is 14.9 Å². The topological polar surface area (TPSA) is 162 Å². The van der Waals surface area contributed by atoms with Gasteiger partial charge in [0, 0.05) is 41.9 Å². The van der Waals surface area contributed by atoms with Gasteiger partial charge in [0.2, 0.25) is 5.95 Å². The van der Waals surface area contributed by atoms with Gasteiger partial charge < -0.3 is 22.1 Å². The van der Waals surface area contributed by atoms with Gasteiger partial charge in [0.15, 0.2) is 0 Å². The summed E-state index contributed by atoms with van der Waals surface area (Å²) in [6.07, 6.45) is 0.666. The number of non-ortho nitro benzene ring substituents is 1. The molecule has 0 aliphatic rings. The first-order valence-corrected chi connectivity index (χ1v) is 10.6. The van der Waals surface area contributed by atoms with E-state index in [9.17, 15) is 14.9 Å². The zero-order valence-corrected chi connectivity index (χ0v) is 18.2. The maximum Gasteiger partial charge on any atom is 0.269 e. The van der Waals surface area contributed by atoms with Gasteiger partial charge in [-0.05, 0) is 47.9 Å². The van der Waals surface area contributed by atoms with Gasteiger partial charge in [0.05, 0.1) is 10.4 Å². The number of nitrogens with two attached hydrogens (primary N) is 2. The molecule has 10 heteroatoms. The smallest absolute Gasteiger partial charge is 0.269 e. The predicted octanol–water partition coefficient (Wildman–Crippen LogP) is 3.29. The van der Waals surface area contributed by atoms with Crippen LogP contribution in [0.25, 0.3) is 10.9 Å². The van der Waals surface area contributed by atoms with Gasteiger partial charge in [0.25, 0.3) is 11.6 Å². The van der Waals surface area contributed by atoms with Crippen molar-refractivity contribution in [3.05, 3.63) is 93.5 Å². The van der Waals surface area contributed by atoms with Crippen LogP contribution in [0.4, 0.5) is 23.1 Å². The van der Waals surface area contributed by atoms with Crippen LogP contribution in [-0.4, -0.2) is 27.3 Å². The summed E-state index contributed by atoms with van der Waals surface area (Å²) in [6.45, 7) is 1.08. The van der Waals surface area contributed by atoms with Crippen molar-refractivity contribution < 1.29 is 9.72 Å². The maximum atomic E-state index is 12.2. The standard InChI is InChI=1S/C24H23N7O3/c25-22-20-13-18(7-10-21(20)29-24(26)30-22)28-14-16-3-1-15(2-4-16)11-12-27-23(32)17-5-8-19(9-6-17)31(33)34/h1-10,13,28H,11-12,14H2,(H,27,32)(H4,25,26,29,30). The van der Waals surface area contributed by atoms with Crippen LogP contribution >= 0.6 is 0 Å². The third-order valence-corrected chi connectivity index (χ3v) is 5.30. The van der Waals surface area contributed by atoms with Crippen molar-refractivity contribution >= 4 is 40.0 Å². The maximum absolute atomic E-state index is 12.2. The zero-order chi connectivity index (χ0) is 24.1. The molecular formula is C24H23N7O3. The normalized spacial score (nSPS) is 10.7. The number of hydrogen-bond acceptors (Lipinski definition) is 8. The fourth-order valence-electron chi connectivity index (χ4n) is 3.47. The number of nitro benzene ring substituents is 1. The lowest BCUT2D eigenvalue weighted by Crippen LogP contribution is -2.25. The number of nitro groups is 1. The minimum Gasteiger partial charge on any atom is -0.383 e. The number of nitrogens with zero attached hydrogens (tertiary/aromatic N) is 3. The Bertz CT molecular complexity index is 1340. The quantitative estimate of drug-likeness (QED) is 0.231. The number of fused-ring (bicyclic) bond motifs is 1. The highest BCUT2D eigenvalue weighted by Crippen LogP contribution is 2.23. The highest BCUT2D eigenvalue weighted by Gasteiger charge is 2.09. The van der Waals surface area contributed by atoms with E-state index in [-0.39, 0.29) is 17.5 Å². The van der Waals surface area contributed by atoms with E-state index >= 15 is 0 Å². The summed E-state index contributed by atoms with van der Waals surface area (Å²) in [5, 5.41) is 17.6. The van der Waals surface area contributed by atoms with E-state index in [1.807, 2.05) is 42.5 Å². The molecular weight excluding hydrogens is 434 g/mol. The summed E-state index contributed by atoms with van der Waals surface area (Å²) in [7, 11) is 0. The van der Waals surface area contributed by atoms with Crippen LogP contribution in [0.3, 0.4) is 0 Å². The Morgan fingerprint density at radius 1 is 0.941 bits per heavy atom. The van der Waals surface area contributed by atoms with Crippen LogP contribution in [0.5, 0.6) is 0 Å². The molecule has 172 valence electrons. The molecule has 6 N–H and O–H groups in total. The van der Waals surface area contributed by atoms with Gasteiger partial charge in [-0.2, -0.15) is 4.98 Å². The molecule has 1 aromatic heterocycles. The molecule has 0 radical (unpaired) electrons. The van der Waals surface area contributed by atoms with E-state index in [0.29, 0.717) is 36.4 Å². The fourth-order valence-corrected chi connectivity index (χ4v) is 3.47. The molecule has 1 heterocycles. The Morgan fingerprint density at radius 2 is 1.65 bits per heavy atom. The summed E-state index contributed by atoms with van der Waals surface area (Å²) in [5.74, 6) is 0.229. The highest BCUT2D eigenvalue weighted by atomic mass is 16.6. The first-order valence-electron chi connectivity index (χ1n) is 10.6. The van der Waals surface area contributed by atoms with Crippen molar-refractivity contribution in [2.45, 2.75) is 13.0 Å². The van der Waals surface area contributed by atoms with Crippen molar-refractivity contribution in [3.63, 3.8) is 0 Å². The molecule has 10 nitrogen and oxygen atoms in total. The molecule has 1 amide bonds. The van der Waals surface area contributed by atoms with E-state index in [0.717, 1.165) is 22.2 Å². The second-order valence-electron chi connectivity index (χ2n) is 7.68. The van der Waals surface area contributed by atoms with Crippen molar-refractivity contribution in [2.24, 2.45) is 0 Å². The number of rotatable bonds is 8. The van der Waals surface area contributed by atoms with Crippen LogP contribution in [0.2, 0.25) is 0 Å². The van der Waals surface area contributed by atoms with E-state index in [2.05, 4.69) is 20.6 Å². The Hall–Kier alpha value is -4.73. The lowest BCUT2D eigenvalue weighted by molar-refractivity contribution is -0.384. The third-order valence-electron chi connectivity index (χ3n) is 5.30. The van der Waals surface area contributed by atoms with Crippen molar-refractivity contribution in [1.82, 2.24) is 15.3 Å². The highest BCUT2D eigenvalue weighted by molar-refractivity contribution is 5.94. The van der Waals surface area contributed by atoms with Crippen LogP contribution in [-0.2, 0) is 13.0 Å². The SMILES string of the molecule is Nc1nc(N)c2cc(NCc3ccc(CCNC(=O)c4ccc([N+](=O)[O-])cc4)cc3)ccc2n1. The van der Waals surface area contributed by atoms with E-state index in [1.165, 1.54) is 24.3 Å². The fraction of sp³-hybridized carbons (Fsp3) is 0.125. The van der Waals surface area contributed by atoms with Gasteiger partial charge >= 0.3 is 0 Å². The minimum absolute atomic E-state index is 0.0462. The van der Waals surface area contributed by atoms with Gasteiger partial charge in [0.1, 0.15) is 5.82 Å². The molecule has 4 rings (SSSR count). The zero-order valence-electron chi connectivity index (χ0n) is 18.2. The molecule has 0 aliphatic carbocycles. The van der Waals surface area contributed by atoms with Gasteiger partial charge in [-0.15, -0.1) is 0 Å². The number of anilines is 3. The Morgan fingerprint density at radius 3 is 2.35 bits per heavy atom. The molecule has 0 unspecified atom stereocenters. The van der Waals surface area contributed by atoms with Crippen molar-refractivity contribution in [2.75, 3.05) is 23.3 Å². The largest absolute Gasteiger partial charge is 0.383 e. The molecule has 0 fully saturated rings. The first kappa shape index (κ1) is 22.5. The number of amides is 1. The first-order chi connectivity index (χ1) is 16.4. The molecule has 0 spiro atoms. The van der Waals surface area contributed by atoms with Crippen LogP contribution in [0.15, 0.2) is 66.7 Å². The molecule has 3 aromatic carbocycles. The second-order valence-corrected chi connectivity index (χ2v) is 7.68. The number of carbonyl (C=O) groups is 1. The summed E-state index contributed by atoms with van der Waals surface area (Å²) < 4.78 is 0. The van der Waals surface area contributed by atoms with Crippen LogP contribution < -0.4 is 22.1 Å². The number of carbonyl (C=O) groups excluding carboxylic acids is 1. The van der Waals surface area contributed by atoms with E-state index in [4.69, 9.17) is 11.5 Å². The molecule has 0 saturated carbocycles. The molecule has 0 atom stereocenters. The average Bonchev–Trinajstić information content (AvgIpc) is 2.83. The second kappa shape index (κ2) is 9.82. The summed E-state index contributed by atoms with van der Waals surface area (Å²) in [5.41, 5.74) is 15.7. The molecule has 4 aromatic rings. The Kier molecular flexibility index (Phi) is 6.49. The predicted molar refractivity (Wildman–Crippen MR) is 131 cm³/mol.